The number of nitriles is 1. The molecule has 0 amide bonds. The molecule has 3 aromatic heterocycles. The highest BCUT2D eigenvalue weighted by atomic mass is 15.0. The largest absolute Gasteiger partial charge is 0.309 e. The number of fused-ring (bicyclic) bond motifs is 6. The second kappa shape index (κ2) is 23.1. The van der Waals surface area contributed by atoms with Crippen LogP contribution in [0.25, 0.3) is 145 Å². The Hall–Kier alpha value is -11.3. The van der Waals surface area contributed by atoms with Gasteiger partial charge in [-0.15, -0.1) is 0 Å². The summed E-state index contributed by atoms with van der Waals surface area (Å²) in [4.78, 5) is 15.8. The van der Waals surface area contributed by atoms with E-state index in [1.54, 1.807) is 0 Å². The summed E-state index contributed by atoms with van der Waals surface area (Å²) in [6.45, 7) is 26.5. The van der Waals surface area contributed by atoms with E-state index in [2.05, 4.69) is 244 Å². The van der Waals surface area contributed by atoms with Crippen molar-refractivity contribution in [3.8, 4) is 107 Å². The molecule has 15 aromatic rings. The second-order valence-corrected chi connectivity index (χ2v) is 26.3. The number of hydrogen-bond acceptors (Lipinski definition) is 4. The third-order valence-electron chi connectivity index (χ3n) is 19.3. The van der Waals surface area contributed by atoms with Crippen molar-refractivity contribution < 1.29 is 0 Å². The summed E-state index contributed by atoms with van der Waals surface area (Å²) >= 11 is 0. The van der Waals surface area contributed by atoms with Gasteiger partial charge in [-0.2, -0.15) is 5.26 Å². The lowest BCUT2D eigenvalue weighted by Crippen LogP contribution is -2.05. The fourth-order valence-electron chi connectivity index (χ4n) is 15.8. The van der Waals surface area contributed by atoms with E-state index in [0.29, 0.717) is 23.0 Å². The molecule has 0 fully saturated rings. The first-order valence-corrected chi connectivity index (χ1v) is 32.5. The van der Waals surface area contributed by atoms with Crippen molar-refractivity contribution in [3.05, 3.63) is 291 Å². The Morgan fingerprint density at radius 1 is 0.266 bits per heavy atom. The van der Waals surface area contributed by atoms with Crippen molar-refractivity contribution in [2.24, 2.45) is 0 Å². The van der Waals surface area contributed by atoms with E-state index in [1.807, 2.05) is 72.8 Å². The normalized spacial score (nSPS) is 11.6. The fraction of sp³-hybridized carbons (Fsp3) is 0.136. The maximum Gasteiger partial charge on any atom is 0.164 e. The first kappa shape index (κ1) is 59.1. The zero-order chi connectivity index (χ0) is 65.0. The molecular weight excluding hydrogens is 1140 g/mol. The number of nitrogens with zero attached hydrogens (tertiary/aromatic N) is 6. The molecule has 0 spiro atoms. The molecule has 0 atom stereocenters. The first-order valence-electron chi connectivity index (χ1n) is 32.5. The van der Waals surface area contributed by atoms with Crippen LogP contribution in [0, 0.1) is 94.4 Å². The molecule has 3 heterocycles. The highest BCUT2D eigenvalue weighted by Crippen LogP contribution is 2.47. The van der Waals surface area contributed by atoms with Gasteiger partial charge in [0.25, 0.3) is 0 Å². The molecule has 12 aromatic carbocycles. The molecule has 0 unspecified atom stereocenters. The van der Waals surface area contributed by atoms with Crippen LogP contribution in [-0.4, -0.2) is 24.1 Å². The molecule has 0 saturated carbocycles. The van der Waals surface area contributed by atoms with Crippen LogP contribution in [-0.2, 0) is 0 Å². The molecule has 0 radical (unpaired) electrons. The minimum absolute atomic E-state index is 0.515. The Morgan fingerprint density at radius 3 is 0.904 bits per heavy atom. The van der Waals surface area contributed by atoms with Crippen molar-refractivity contribution in [3.63, 3.8) is 0 Å². The van der Waals surface area contributed by atoms with Crippen LogP contribution in [0.4, 0.5) is 0 Å². The minimum atomic E-state index is 0.515. The van der Waals surface area contributed by atoms with Crippen molar-refractivity contribution in [1.29, 1.82) is 5.26 Å². The number of aryl methyl sites for hydroxylation is 12. The van der Waals surface area contributed by atoms with Crippen LogP contribution in [0.1, 0.15) is 72.3 Å². The van der Waals surface area contributed by atoms with Crippen LogP contribution in [0.2, 0.25) is 0 Å². The van der Waals surface area contributed by atoms with Crippen molar-refractivity contribution >= 4 is 43.6 Å². The number of hydrogen-bond donors (Lipinski definition) is 0. The van der Waals surface area contributed by atoms with E-state index in [0.717, 1.165) is 93.9 Å². The Morgan fingerprint density at radius 2 is 0.574 bits per heavy atom. The average Bonchev–Trinajstić information content (AvgIpc) is 1.58. The topological polar surface area (TPSA) is 72.3 Å². The van der Waals surface area contributed by atoms with Crippen LogP contribution < -0.4 is 0 Å². The summed E-state index contributed by atoms with van der Waals surface area (Å²) in [5.74, 6) is 1.65. The quantitative estimate of drug-likeness (QED) is 0.137. The summed E-state index contributed by atoms with van der Waals surface area (Å²) < 4.78 is 4.83. The molecule has 0 aliphatic carbocycles. The second-order valence-electron chi connectivity index (χ2n) is 26.3. The Kier molecular flexibility index (Phi) is 14.5. The van der Waals surface area contributed by atoms with E-state index in [1.165, 1.54) is 100 Å². The molecule has 0 N–H and O–H groups in total. The molecule has 15 rings (SSSR count). The number of rotatable bonds is 10. The van der Waals surface area contributed by atoms with Gasteiger partial charge < -0.3 is 9.13 Å². The van der Waals surface area contributed by atoms with Gasteiger partial charge in [-0.3, -0.25) is 0 Å². The summed E-state index contributed by atoms with van der Waals surface area (Å²) in [7, 11) is 0. The summed E-state index contributed by atoms with van der Waals surface area (Å²) in [6, 6.07) is 82.1. The lowest BCUT2D eigenvalue weighted by molar-refractivity contribution is 1.07. The van der Waals surface area contributed by atoms with Gasteiger partial charge in [0.1, 0.15) is 0 Å². The third kappa shape index (κ3) is 10.1. The van der Waals surface area contributed by atoms with Gasteiger partial charge in [0.2, 0.25) is 0 Å². The third-order valence-corrected chi connectivity index (χ3v) is 19.3. The predicted molar refractivity (Wildman–Crippen MR) is 394 cm³/mol. The maximum atomic E-state index is 11.9. The maximum absolute atomic E-state index is 11.9. The molecule has 0 bridgehead atoms. The summed E-state index contributed by atoms with van der Waals surface area (Å²) in [5, 5.41) is 16.4. The highest BCUT2D eigenvalue weighted by molar-refractivity contribution is 6.14. The monoisotopic (exact) mass is 1210 g/mol. The zero-order valence-corrected chi connectivity index (χ0v) is 55.5. The average molecular weight is 1210 g/mol. The van der Waals surface area contributed by atoms with Gasteiger partial charge in [-0.1, -0.05) is 162 Å². The highest BCUT2D eigenvalue weighted by Gasteiger charge is 2.27. The van der Waals surface area contributed by atoms with Gasteiger partial charge in [0.05, 0.1) is 45.1 Å². The van der Waals surface area contributed by atoms with E-state index in [4.69, 9.17) is 15.0 Å². The first-order chi connectivity index (χ1) is 45.5. The van der Waals surface area contributed by atoms with Crippen LogP contribution in [0.3, 0.4) is 0 Å². The zero-order valence-electron chi connectivity index (χ0n) is 55.5. The van der Waals surface area contributed by atoms with Crippen molar-refractivity contribution in [2.45, 2.75) is 83.1 Å². The van der Waals surface area contributed by atoms with Gasteiger partial charge in [-0.25, -0.2) is 15.0 Å². The van der Waals surface area contributed by atoms with Gasteiger partial charge >= 0.3 is 0 Å². The van der Waals surface area contributed by atoms with Crippen molar-refractivity contribution in [1.82, 2.24) is 24.1 Å². The molecule has 6 heteroatoms. The van der Waals surface area contributed by atoms with Gasteiger partial charge in [0.15, 0.2) is 17.5 Å². The predicted octanol–water partition coefficient (Wildman–Crippen LogP) is 23.0. The molecule has 6 nitrogen and oxygen atoms in total. The lowest BCUT2D eigenvalue weighted by Gasteiger charge is -2.21. The molecule has 454 valence electrons. The van der Waals surface area contributed by atoms with E-state index < -0.39 is 0 Å². The summed E-state index contributed by atoms with van der Waals surface area (Å²) in [5.41, 5.74) is 35.2. The van der Waals surface area contributed by atoms with Gasteiger partial charge in [-0.05, 0) is 251 Å². The summed E-state index contributed by atoms with van der Waals surface area (Å²) in [6.07, 6.45) is 0. The SMILES string of the molecule is Cc1cc(C)c(-c2ccc3c(c2)c2cc(-c4c(C)cc(C)cc4C)ccc2n3-c2ccc(-c3nc(-c4ccccc4)nc(-c4ccccc4)n3)cc2-c2c(C#N)cccc2-n2c3ccc(-c4c(C)cc(C)cc4C)cc3c3cc(-c4c(C)cc(C)cc4C)ccc32)c(C)c1. The number of aromatic nitrogens is 5. The van der Waals surface area contributed by atoms with Gasteiger partial charge in [0, 0.05) is 49.4 Å². The standard InChI is InChI=1S/C88H72N6/c1-50-36-54(5)81(55(6)37-50)64-26-31-75-70(44-64)71-45-65(82-56(7)38-51(2)39-57(82)8)27-32-76(71)93(75)79-35-30-68(88-91-86(62-20-15-13-16-21-62)90-87(92-88)63-22-17-14-18-23-63)48-74(79)85-69(49-89)24-19-25-80(85)94-77-33-28-66(83-58(9)40-52(3)41-59(83)10)46-72(77)73-47-67(29-34-78(73)94)84-60(11)42-53(4)43-61(84)12/h13-48H,1-12H3. The number of benzene rings is 12. The fourth-order valence-corrected chi connectivity index (χ4v) is 15.8. The van der Waals surface area contributed by atoms with E-state index >= 15 is 0 Å². The minimum Gasteiger partial charge on any atom is -0.309 e. The Bertz CT molecular complexity index is 5310. The van der Waals surface area contributed by atoms with Crippen molar-refractivity contribution in [2.75, 3.05) is 0 Å². The van der Waals surface area contributed by atoms with E-state index in [-0.39, 0.29) is 0 Å². The van der Waals surface area contributed by atoms with Crippen LogP contribution >= 0.6 is 0 Å². The molecular formula is C88H72N6. The van der Waals surface area contributed by atoms with Crippen LogP contribution in [0.5, 0.6) is 0 Å². The van der Waals surface area contributed by atoms with Crippen LogP contribution in [0.15, 0.2) is 218 Å². The molecule has 94 heavy (non-hydrogen) atoms. The Balaban J connectivity index is 1.06. The smallest absolute Gasteiger partial charge is 0.164 e. The van der Waals surface area contributed by atoms with E-state index in [9.17, 15) is 5.26 Å². The molecule has 0 aliphatic rings. The lowest BCUT2D eigenvalue weighted by atomic mass is 9.91. The molecule has 0 saturated heterocycles. The Labute approximate surface area is 550 Å². The molecule has 0 aliphatic heterocycles.